The van der Waals surface area contributed by atoms with Crippen LogP contribution >= 0.6 is 0 Å². The van der Waals surface area contributed by atoms with Crippen LogP contribution in [0.2, 0.25) is 0 Å². The second kappa shape index (κ2) is 9.31. The predicted octanol–water partition coefficient (Wildman–Crippen LogP) is -3.57. The lowest BCUT2D eigenvalue weighted by Crippen LogP contribution is -2.90. The number of rotatable bonds is 5. The molecule has 2 aromatic rings. The molecule has 0 radical (unpaired) electrons. The molecule has 2 amide bonds. The van der Waals surface area contributed by atoms with Crippen molar-refractivity contribution in [1.82, 2.24) is 25.8 Å². The first kappa shape index (κ1) is 26.8. The summed E-state index contributed by atoms with van der Waals surface area (Å²) in [5.74, 6) is -2.93. The average molecular weight is 565 g/mol. The molecule has 1 saturated heterocycles. The summed E-state index contributed by atoms with van der Waals surface area (Å²) >= 11 is 0. The number of nitrogens with one attached hydrogen (secondary N) is 4. The molecule has 14 heteroatoms. The number of aliphatic hydroxyl groups is 2. The highest BCUT2D eigenvalue weighted by atomic mass is 16.5. The number of carbonyl (C=O) groups is 2. The summed E-state index contributed by atoms with van der Waals surface area (Å²) in [6, 6.07) is 5.85. The second-order valence-electron chi connectivity index (χ2n) is 11.5. The molecule has 1 aromatic carbocycles. The Morgan fingerprint density at radius 1 is 1.22 bits per heavy atom. The molecule has 4 aliphatic heterocycles. The highest BCUT2D eigenvalue weighted by Gasteiger charge is 2.76. The first-order valence-electron chi connectivity index (χ1n) is 13.4. The van der Waals surface area contributed by atoms with Crippen LogP contribution in [0.1, 0.15) is 46.5 Å². The van der Waals surface area contributed by atoms with E-state index in [-0.39, 0.29) is 36.3 Å². The summed E-state index contributed by atoms with van der Waals surface area (Å²) in [4.78, 5) is 39.2. The van der Waals surface area contributed by atoms with E-state index in [2.05, 4.69) is 44.8 Å². The van der Waals surface area contributed by atoms with Gasteiger partial charge in [0.2, 0.25) is 5.79 Å². The summed E-state index contributed by atoms with van der Waals surface area (Å²) in [7, 11) is 0. The van der Waals surface area contributed by atoms with Crippen molar-refractivity contribution in [3.05, 3.63) is 59.4 Å². The van der Waals surface area contributed by atoms with Crippen LogP contribution in [0.3, 0.4) is 0 Å². The van der Waals surface area contributed by atoms with Crippen LogP contribution < -0.4 is 37.1 Å². The number of benzene rings is 1. The van der Waals surface area contributed by atoms with Crippen molar-refractivity contribution in [2.24, 2.45) is 16.5 Å². The molecular weight excluding hydrogens is 530 g/mol. The maximum absolute atomic E-state index is 13.6. The number of pyridine rings is 1. The summed E-state index contributed by atoms with van der Waals surface area (Å²) in [6.07, 6.45) is 3.80. The Labute approximate surface area is 235 Å². The molecule has 1 fully saturated rings. The first-order valence-corrected chi connectivity index (χ1v) is 13.4. The normalized spacial score (nSPS) is 28.6. The Balaban J connectivity index is 1.27. The van der Waals surface area contributed by atoms with Crippen LogP contribution in [-0.2, 0) is 5.41 Å². The van der Waals surface area contributed by atoms with E-state index in [4.69, 9.17) is 16.2 Å². The minimum Gasteiger partial charge on any atom is -0.492 e. The molecule has 14 nitrogen and oxygen atoms in total. The molecule has 4 aliphatic rings. The minimum absolute atomic E-state index is 0.00252. The van der Waals surface area contributed by atoms with E-state index in [9.17, 15) is 19.8 Å². The van der Waals surface area contributed by atoms with E-state index >= 15 is 0 Å². The van der Waals surface area contributed by atoms with Gasteiger partial charge >= 0.3 is 5.96 Å². The number of aliphatic imine (C=N–C) groups is 1. The van der Waals surface area contributed by atoms with Gasteiger partial charge in [-0.15, -0.1) is 0 Å². The van der Waals surface area contributed by atoms with Crippen molar-refractivity contribution < 1.29 is 29.5 Å². The molecule has 10 N–H and O–H groups in total. The fourth-order valence-corrected chi connectivity index (χ4v) is 6.32. The van der Waals surface area contributed by atoms with Crippen molar-refractivity contribution >= 4 is 23.7 Å². The molecule has 0 aliphatic carbocycles. The molecule has 41 heavy (non-hydrogen) atoms. The number of ether oxygens (including phenoxy) is 1. The number of hydrogen-bond donors (Lipinski definition) is 8. The molecule has 1 aromatic heterocycles. The third-order valence-electron chi connectivity index (χ3n) is 8.55. The maximum Gasteiger partial charge on any atom is 0.343 e. The SMILES string of the molecule is CC1(C)CCOc2c(C(=O)NC3CN4C(N)=N[C@@H](CNC(=O)c5cccnc5)[C@@H]5[NH+]=C(N)NC54C3(O)O)cccc21. The van der Waals surface area contributed by atoms with Gasteiger partial charge in [-0.05, 0) is 30.0 Å². The Kier molecular flexibility index (Phi) is 6.08. The van der Waals surface area contributed by atoms with Gasteiger partial charge in [-0.2, -0.15) is 0 Å². The van der Waals surface area contributed by atoms with Crippen LogP contribution in [0, 0.1) is 0 Å². The fraction of sp³-hybridized carbons (Fsp3) is 0.444. The number of hydrogen-bond acceptors (Lipinski definition) is 11. The lowest BCUT2D eigenvalue weighted by Gasteiger charge is -2.46. The Morgan fingerprint density at radius 2 is 2.02 bits per heavy atom. The van der Waals surface area contributed by atoms with E-state index < -0.39 is 35.5 Å². The largest absolute Gasteiger partial charge is 0.492 e. The van der Waals surface area contributed by atoms with E-state index in [0.717, 1.165) is 12.0 Å². The zero-order valence-corrected chi connectivity index (χ0v) is 22.7. The van der Waals surface area contributed by atoms with Gasteiger partial charge in [-0.1, -0.05) is 26.0 Å². The predicted molar refractivity (Wildman–Crippen MR) is 147 cm³/mol. The monoisotopic (exact) mass is 564 g/mol. The number of aromatic nitrogens is 1. The molecule has 216 valence electrons. The molecule has 1 spiro atoms. The third kappa shape index (κ3) is 4.04. The number of carbonyl (C=O) groups excluding carboxylic acids is 2. The zero-order valence-electron chi connectivity index (χ0n) is 22.7. The Bertz CT molecular complexity index is 1460. The topological polar surface area (TPSA) is 214 Å². The average Bonchev–Trinajstić information content (AvgIpc) is 3.41. The van der Waals surface area contributed by atoms with Gasteiger partial charge in [0.05, 0.1) is 24.3 Å². The van der Waals surface area contributed by atoms with Crippen LogP contribution in [0.15, 0.2) is 47.7 Å². The smallest absolute Gasteiger partial charge is 0.343 e. The van der Waals surface area contributed by atoms with Gasteiger partial charge in [-0.3, -0.25) is 30.2 Å². The third-order valence-corrected chi connectivity index (χ3v) is 8.55. The molecule has 5 heterocycles. The highest BCUT2D eigenvalue weighted by molar-refractivity contribution is 5.98. The lowest BCUT2D eigenvalue weighted by molar-refractivity contribution is -0.521. The lowest BCUT2D eigenvalue weighted by atomic mass is 9.79. The van der Waals surface area contributed by atoms with Crippen molar-refractivity contribution in [1.29, 1.82) is 0 Å². The molecule has 0 bridgehead atoms. The van der Waals surface area contributed by atoms with E-state index in [1.54, 1.807) is 30.5 Å². The molecular formula is C27H34N9O5+. The summed E-state index contributed by atoms with van der Waals surface area (Å²) < 4.78 is 5.90. The summed E-state index contributed by atoms with van der Waals surface area (Å²) in [5.41, 5.74) is 12.2. The van der Waals surface area contributed by atoms with Crippen molar-refractivity contribution in [3.8, 4) is 5.75 Å². The highest BCUT2D eigenvalue weighted by Crippen LogP contribution is 2.43. The Hall–Kier alpha value is -4.43. The van der Waals surface area contributed by atoms with E-state index in [1.807, 2.05) is 6.07 Å². The maximum atomic E-state index is 13.6. The number of amides is 2. The van der Waals surface area contributed by atoms with Gasteiger partial charge in [0.1, 0.15) is 17.8 Å². The van der Waals surface area contributed by atoms with E-state index in [0.29, 0.717) is 23.5 Å². The molecule has 0 saturated carbocycles. The number of guanidine groups is 2. The Morgan fingerprint density at radius 3 is 2.78 bits per heavy atom. The number of nitrogens with two attached hydrogens (primary N) is 2. The standard InChI is InChI=1S/C27H33N9O5/c1-25(2)8-10-41-19-15(6-3-7-16(19)25)22(38)33-18-13-36-24(29)32-17(12-31-21(37)14-5-4-9-30-11-14)20-26(36,27(18,39)40)35-23(28)34-20/h3-7,9,11,17-18,20,39-40H,8,10,12-13H2,1-2H3,(H2,29,32)(H,31,37)(H,33,38)(H3,28,34,35)/p+1/t17-,18?,20-,26?/m0/s1. The molecule has 4 atom stereocenters. The quantitative estimate of drug-likeness (QED) is 0.167. The van der Waals surface area contributed by atoms with Gasteiger partial charge < -0.3 is 31.3 Å². The first-order chi connectivity index (χ1) is 19.5. The van der Waals surface area contributed by atoms with Crippen LogP contribution in [0.4, 0.5) is 0 Å². The van der Waals surface area contributed by atoms with Gasteiger partial charge in [0.15, 0.2) is 12.0 Å². The van der Waals surface area contributed by atoms with Crippen molar-refractivity contribution in [2.75, 3.05) is 19.7 Å². The van der Waals surface area contributed by atoms with Gasteiger partial charge in [0, 0.05) is 24.5 Å². The molecule has 2 unspecified atom stereocenters. The zero-order chi connectivity index (χ0) is 29.2. The van der Waals surface area contributed by atoms with Crippen molar-refractivity contribution in [3.63, 3.8) is 0 Å². The van der Waals surface area contributed by atoms with E-state index in [1.165, 1.54) is 11.1 Å². The van der Waals surface area contributed by atoms with Crippen LogP contribution in [0.25, 0.3) is 0 Å². The number of fused-ring (bicyclic) bond motifs is 1. The number of para-hydroxylation sites is 1. The number of nitrogens with zero attached hydrogens (tertiary/aromatic N) is 3. The molecule has 6 rings (SSSR count). The fourth-order valence-electron chi connectivity index (χ4n) is 6.32. The summed E-state index contributed by atoms with van der Waals surface area (Å²) in [6.45, 7) is 4.57. The minimum atomic E-state index is -2.58. The second-order valence-corrected chi connectivity index (χ2v) is 11.5. The van der Waals surface area contributed by atoms with Crippen LogP contribution in [0.5, 0.6) is 5.75 Å². The summed E-state index contributed by atoms with van der Waals surface area (Å²) in [5, 5.41) is 32.0. The van der Waals surface area contributed by atoms with Crippen molar-refractivity contribution in [2.45, 2.75) is 55.3 Å². The van der Waals surface area contributed by atoms with Crippen LogP contribution in [-0.4, -0.2) is 93.1 Å². The van der Waals surface area contributed by atoms with Gasteiger partial charge in [-0.25, -0.2) is 10.3 Å². The van der Waals surface area contributed by atoms with Gasteiger partial charge in [0.25, 0.3) is 17.5 Å².